The number of amides is 3. The van der Waals surface area contributed by atoms with Crippen LogP contribution in [0.1, 0.15) is 36.6 Å². The van der Waals surface area contributed by atoms with Gasteiger partial charge in [-0.3, -0.25) is 24.6 Å². The molecule has 0 bridgehead atoms. The van der Waals surface area contributed by atoms with Gasteiger partial charge in [-0.05, 0) is 29.8 Å². The molecule has 7 heteroatoms. The number of fused-ring (bicyclic) bond motifs is 1. The number of benzene rings is 2. The van der Waals surface area contributed by atoms with Crippen molar-refractivity contribution in [1.29, 1.82) is 0 Å². The molecule has 0 atom stereocenters. The largest absolute Gasteiger partial charge is 0.298 e. The Kier molecular flexibility index (Phi) is 4.06. The highest BCUT2D eigenvalue weighted by molar-refractivity contribution is 7.13. The van der Waals surface area contributed by atoms with Crippen molar-refractivity contribution in [3.63, 3.8) is 0 Å². The van der Waals surface area contributed by atoms with Crippen LogP contribution in [0, 0.1) is 0 Å². The molecule has 0 fully saturated rings. The minimum absolute atomic E-state index is 0.116. The summed E-state index contributed by atoms with van der Waals surface area (Å²) >= 11 is 1.33. The molecular formula is C19H13N3O3S. The van der Waals surface area contributed by atoms with Gasteiger partial charge in [0.25, 0.3) is 17.7 Å². The van der Waals surface area contributed by atoms with Crippen molar-refractivity contribution in [3.05, 3.63) is 82.4 Å². The molecule has 0 aliphatic carbocycles. The number of imide groups is 1. The summed E-state index contributed by atoms with van der Waals surface area (Å²) in [5.74, 6) is -0.921. The van der Waals surface area contributed by atoms with Crippen molar-refractivity contribution in [2.45, 2.75) is 6.54 Å². The Hall–Kier alpha value is -3.32. The van der Waals surface area contributed by atoms with E-state index in [1.165, 1.54) is 16.2 Å². The van der Waals surface area contributed by atoms with E-state index in [1.807, 2.05) is 0 Å². The number of nitrogens with zero attached hydrogens (tertiary/aromatic N) is 2. The Labute approximate surface area is 153 Å². The maximum atomic E-state index is 12.5. The van der Waals surface area contributed by atoms with Crippen molar-refractivity contribution in [1.82, 2.24) is 9.88 Å². The molecule has 6 nitrogen and oxygen atoms in total. The SMILES string of the molecule is O=C(Nc1nccs1)c1cccc(CN2C(=O)c3ccccc3C2=O)c1. The molecule has 0 saturated carbocycles. The number of anilines is 1. The Morgan fingerprint density at radius 1 is 1.04 bits per heavy atom. The first kappa shape index (κ1) is 16.2. The van der Waals surface area contributed by atoms with Crippen LogP contribution < -0.4 is 5.32 Å². The highest BCUT2D eigenvalue weighted by atomic mass is 32.1. The third-order valence-corrected chi connectivity index (χ3v) is 4.75. The van der Waals surface area contributed by atoms with E-state index in [9.17, 15) is 14.4 Å². The Bertz CT molecular complexity index is 979. The number of thiazole rings is 1. The molecule has 1 N–H and O–H groups in total. The lowest BCUT2D eigenvalue weighted by Gasteiger charge is -2.14. The average molecular weight is 363 g/mol. The van der Waals surface area contributed by atoms with Crippen LogP contribution >= 0.6 is 11.3 Å². The number of hydrogen-bond donors (Lipinski definition) is 1. The summed E-state index contributed by atoms with van der Waals surface area (Å²) in [7, 11) is 0. The fourth-order valence-corrected chi connectivity index (χ4v) is 3.35. The number of carbonyl (C=O) groups excluding carboxylic acids is 3. The maximum Gasteiger partial charge on any atom is 0.261 e. The van der Waals surface area contributed by atoms with Crippen LogP contribution in [0.4, 0.5) is 5.13 Å². The van der Waals surface area contributed by atoms with E-state index in [0.717, 1.165) is 0 Å². The maximum absolute atomic E-state index is 12.5. The van der Waals surface area contributed by atoms with Gasteiger partial charge < -0.3 is 0 Å². The van der Waals surface area contributed by atoms with Gasteiger partial charge in [-0.15, -0.1) is 11.3 Å². The lowest BCUT2D eigenvalue weighted by molar-refractivity contribution is 0.0642. The zero-order valence-electron chi connectivity index (χ0n) is 13.5. The monoisotopic (exact) mass is 363 g/mol. The van der Waals surface area contributed by atoms with Crippen molar-refractivity contribution in [3.8, 4) is 0 Å². The first-order valence-corrected chi connectivity index (χ1v) is 8.76. The number of carbonyl (C=O) groups is 3. The summed E-state index contributed by atoms with van der Waals surface area (Å²) in [6.07, 6.45) is 1.61. The molecule has 0 unspecified atom stereocenters. The molecule has 3 aromatic rings. The molecule has 0 radical (unpaired) electrons. The molecule has 0 saturated heterocycles. The second-order valence-corrected chi connectivity index (χ2v) is 6.63. The van der Waals surface area contributed by atoms with E-state index in [0.29, 0.717) is 27.4 Å². The molecule has 26 heavy (non-hydrogen) atoms. The summed E-state index contributed by atoms with van der Waals surface area (Å²) in [6.45, 7) is 0.116. The predicted octanol–water partition coefficient (Wildman–Crippen LogP) is 3.19. The normalized spacial score (nSPS) is 13.0. The minimum Gasteiger partial charge on any atom is -0.298 e. The summed E-state index contributed by atoms with van der Waals surface area (Å²) < 4.78 is 0. The van der Waals surface area contributed by atoms with Gasteiger partial charge in [0.2, 0.25) is 0 Å². The van der Waals surface area contributed by atoms with E-state index in [2.05, 4.69) is 10.3 Å². The smallest absolute Gasteiger partial charge is 0.261 e. The quantitative estimate of drug-likeness (QED) is 0.722. The lowest BCUT2D eigenvalue weighted by Crippen LogP contribution is -2.29. The van der Waals surface area contributed by atoms with E-state index in [4.69, 9.17) is 0 Å². The first-order valence-electron chi connectivity index (χ1n) is 7.88. The highest BCUT2D eigenvalue weighted by Gasteiger charge is 2.34. The van der Waals surface area contributed by atoms with Crippen LogP contribution in [0.25, 0.3) is 0 Å². The third kappa shape index (κ3) is 2.89. The molecule has 0 spiro atoms. The average Bonchev–Trinajstić information content (AvgIpc) is 3.25. The van der Waals surface area contributed by atoms with E-state index < -0.39 is 0 Å². The van der Waals surface area contributed by atoms with Crippen molar-refractivity contribution in [2.24, 2.45) is 0 Å². The fraction of sp³-hybridized carbons (Fsp3) is 0.0526. The summed E-state index contributed by atoms with van der Waals surface area (Å²) in [5, 5.41) is 5.00. The standard InChI is InChI=1S/C19H13N3O3S/c23-16(21-19-20-8-9-26-19)13-5-3-4-12(10-13)11-22-17(24)14-6-1-2-7-15(14)18(22)25/h1-10H,11H2,(H,20,21,23). The highest BCUT2D eigenvalue weighted by Crippen LogP contribution is 2.24. The fourth-order valence-electron chi connectivity index (χ4n) is 2.83. The van der Waals surface area contributed by atoms with Gasteiger partial charge >= 0.3 is 0 Å². The van der Waals surface area contributed by atoms with Crippen LogP contribution in [-0.4, -0.2) is 27.6 Å². The number of nitrogens with one attached hydrogen (secondary N) is 1. The Morgan fingerprint density at radius 3 is 2.42 bits per heavy atom. The van der Waals surface area contributed by atoms with Crippen LogP contribution in [-0.2, 0) is 6.54 Å². The minimum atomic E-state index is -0.316. The summed E-state index contributed by atoms with van der Waals surface area (Å²) in [5.41, 5.74) is 1.96. The molecule has 4 rings (SSSR count). The Balaban J connectivity index is 1.54. The third-order valence-electron chi connectivity index (χ3n) is 4.06. The topological polar surface area (TPSA) is 79.4 Å². The first-order chi connectivity index (χ1) is 12.6. The van der Waals surface area contributed by atoms with E-state index in [1.54, 1.807) is 60.1 Å². The molecular weight excluding hydrogens is 350 g/mol. The zero-order valence-corrected chi connectivity index (χ0v) is 14.3. The van der Waals surface area contributed by atoms with Crippen LogP contribution in [0.5, 0.6) is 0 Å². The van der Waals surface area contributed by atoms with Gasteiger partial charge in [0.05, 0.1) is 17.7 Å². The molecule has 128 valence electrons. The van der Waals surface area contributed by atoms with E-state index in [-0.39, 0.29) is 24.3 Å². The van der Waals surface area contributed by atoms with E-state index >= 15 is 0 Å². The molecule has 3 amide bonds. The van der Waals surface area contributed by atoms with Crippen molar-refractivity contribution in [2.75, 3.05) is 5.32 Å². The molecule has 2 aromatic carbocycles. The summed E-state index contributed by atoms with van der Waals surface area (Å²) in [6, 6.07) is 13.6. The Morgan fingerprint density at radius 2 is 1.77 bits per heavy atom. The molecule has 1 aliphatic heterocycles. The van der Waals surface area contributed by atoms with Crippen molar-refractivity contribution < 1.29 is 14.4 Å². The summed E-state index contributed by atoms with van der Waals surface area (Å²) in [4.78, 5) is 42.5. The predicted molar refractivity (Wildman–Crippen MR) is 97.2 cm³/mol. The van der Waals surface area contributed by atoms with Gasteiger partial charge in [-0.25, -0.2) is 4.98 Å². The van der Waals surface area contributed by atoms with Gasteiger partial charge in [0.15, 0.2) is 5.13 Å². The second kappa shape index (κ2) is 6.53. The van der Waals surface area contributed by atoms with Gasteiger partial charge in [0.1, 0.15) is 0 Å². The number of rotatable bonds is 4. The zero-order chi connectivity index (χ0) is 18.1. The van der Waals surface area contributed by atoms with Crippen LogP contribution in [0.2, 0.25) is 0 Å². The van der Waals surface area contributed by atoms with Gasteiger partial charge in [-0.2, -0.15) is 0 Å². The van der Waals surface area contributed by atoms with Crippen molar-refractivity contribution >= 4 is 34.2 Å². The van der Waals surface area contributed by atoms with Gasteiger partial charge in [0, 0.05) is 17.1 Å². The second-order valence-electron chi connectivity index (χ2n) is 5.73. The lowest BCUT2D eigenvalue weighted by atomic mass is 10.1. The molecule has 2 heterocycles. The van der Waals surface area contributed by atoms with Crippen LogP contribution in [0.15, 0.2) is 60.1 Å². The van der Waals surface area contributed by atoms with Crippen LogP contribution in [0.3, 0.4) is 0 Å². The van der Waals surface area contributed by atoms with Gasteiger partial charge in [-0.1, -0.05) is 24.3 Å². The molecule has 1 aromatic heterocycles. The number of aromatic nitrogens is 1. The molecule has 1 aliphatic rings. The number of hydrogen-bond acceptors (Lipinski definition) is 5.